The number of nitrogens with two attached hydrogens (primary N) is 1. The molecular weight excluding hydrogens is 511 g/mol. The van der Waals surface area contributed by atoms with Crippen LogP contribution in [0.15, 0.2) is 77.8 Å². The van der Waals surface area contributed by atoms with Crippen LogP contribution in [-0.2, 0) is 28.4 Å². The van der Waals surface area contributed by atoms with Crippen LogP contribution in [0.2, 0.25) is 0 Å². The molecule has 4 rings (SSSR count). The number of rotatable bonds is 8. The molecule has 0 aliphatic heterocycles. The van der Waals surface area contributed by atoms with Gasteiger partial charge in [-0.25, -0.2) is 17.9 Å². The molecule has 0 bridgehead atoms. The average Bonchev–Trinajstić information content (AvgIpc) is 3.30. The second-order valence-electron chi connectivity index (χ2n) is 8.69. The Hall–Kier alpha value is -4.42. The molecule has 4 aromatic rings. The standard InChI is InChI=1S/C26H25FN6O4S/c1-17-13-20(11-12-24(17)38(28,36)37)26(35)33(16-25(34)29-22-6-4-3-5-21(22)27)14-18-7-9-19(10-8-18)23-15-32(2)31-30-23/h3-13,15H,14,16H2,1-2H3,(H,29,34)(H2,28,36,37). The molecule has 0 saturated carbocycles. The number of benzene rings is 3. The van der Waals surface area contributed by atoms with E-state index in [1.165, 1.54) is 48.2 Å². The Balaban J connectivity index is 1.60. The zero-order valence-corrected chi connectivity index (χ0v) is 21.4. The summed E-state index contributed by atoms with van der Waals surface area (Å²) in [7, 11) is -2.20. The number of nitrogens with one attached hydrogen (secondary N) is 1. The van der Waals surface area contributed by atoms with E-state index in [1.807, 2.05) is 12.1 Å². The Morgan fingerprint density at radius 2 is 1.79 bits per heavy atom. The summed E-state index contributed by atoms with van der Waals surface area (Å²) in [6.07, 6.45) is 1.77. The summed E-state index contributed by atoms with van der Waals surface area (Å²) in [6.45, 7) is 1.20. The second-order valence-corrected chi connectivity index (χ2v) is 10.2. The van der Waals surface area contributed by atoms with Crippen LogP contribution in [0, 0.1) is 12.7 Å². The molecule has 10 nitrogen and oxygen atoms in total. The van der Waals surface area contributed by atoms with Crippen LogP contribution in [0.25, 0.3) is 11.3 Å². The van der Waals surface area contributed by atoms with E-state index in [9.17, 15) is 22.4 Å². The quantitative estimate of drug-likeness (QED) is 0.355. The number of para-hydroxylation sites is 1. The number of carbonyl (C=O) groups excluding carboxylic acids is 2. The van der Waals surface area contributed by atoms with Crippen LogP contribution in [0.1, 0.15) is 21.5 Å². The molecule has 0 aliphatic carbocycles. The van der Waals surface area contributed by atoms with Gasteiger partial charge in [-0.15, -0.1) is 5.10 Å². The summed E-state index contributed by atoms with van der Waals surface area (Å²) < 4.78 is 39.2. The van der Waals surface area contributed by atoms with Crippen molar-refractivity contribution >= 4 is 27.5 Å². The number of carbonyl (C=O) groups is 2. The number of hydrogen-bond acceptors (Lipinski definition) is 6. The molecule has 1 aromatic heterocycles. The minimum Gasteiger partial charge on any atom is -0.325 e. The van der Waals surface area contributed by atoms with Crippen LogP contribution in [0.4, 0.5) is 10.1 Å². The van der Waals surface area contributed by atoms with Gasteiger partial charge in [0.15, 0.2) is 0 Å². The van der Waals surface area contributed by atoms with Crippen molar-refractivity contribution in [3.63, 3.8) is 0 Å². The first-order chi connectivity index (χ1) is 18.0. The molecule has 12 heteroatoms. The van der Waals surface area contributed by atoms with Gasteiger partial charge in [0, 0.05) is 24.7 Å². The maximum absolute atomic E-state index is 14.0. The largest absolute Gasteiger partial charge is 0.325 e. The van der Waals surface area contributed by atoms with Crippen molar-refractivity contribution in [3.05, 3.63) is 95.4 Å². The Morgan fingerprint density at radius 1 is 1.08 bits per heavy atom. The molecule has 0 radical (unpaired) electrons. The lowest BCUT2D eigenvalue weighted by atomic mass is 10.1. The number of nitrogens with zero attached hydrogens (tertiary/aromatic N) is 4. The fraction of sp³-hybridized carbons (Fsp3) is 0.154. The van der Waals surface area contributed by atoms with Crippen molar-refractivity contribution in [3.8, 4) is 11.3 Å². The highest BCUT2D eigenvalue weighted by atomic mass is 32.2. The van der Waals surface area contributed by atoms with Crippen LogP contribution in [-0.4, -0.2) is 46.7 Å². The fourth-order valence-corrected chi connectivity index (χ4v) is 4.66. The molecule has 0 fully saturated rings. The van der Waals surface area contributed by atoms with Crippen molar-refractivity contribution in [2.24, 2.45) is 12.2 Å². The highest BCUT2D eigenvalue weighted by molar-refractivity contribution is 7.89. The van der Waals surface area contributed by atoms with Crippen molar-refractivity contribution in [1.29, 1.82) is 0 Å². The second kappa shape index (κ2) is 10.9. The summed E-state index contributed by atoms with van der Waals surface area (Å²) in [4.78, 5) is 27.5. The van der Waals surface area contributed by atoms with Gasteiger partial charge < -0.3 is 10.2 Å². The third kappa shape index (κ3) is 6.28. The van der Waals surface area contributed by atoms with Crippen molar-refractivity contribution in [2.45, 2.75) is 18.4 Å². The average molecular weight is 537 g/mol. The number of aromatic nitrogens is 3. The van der Waals surface area contributed by atoms with Gasteiger partial charge >= 0.3 is 0 Å². The number of anilines is 1. The summed E-state index contributed by atoms with van der Waals surface area (Å²) >= 11 is 0. The maximum Gasteiger partial charge on any atom is 0.254 e. The smallest absolute Gasteiger partial charge is 0.254 e. The number of amides is 2. The van der Waals surface area contributed by atoms with Crippen LogP contribution < -0.4 is 10.5 Å². The van der Waals surface area contributed by atoms with Crippen molar-refractivity contribution < 1.29 is 22.4 Å². The number of hydrogen-bond donors (Lipinski definition) is 2. The minimum atomic E-state index is -3.96. The molecule has 1 heterocycles. The van der Waals surface area contributed by atoms with Crippen LogP contribution in [0.5, 0.6) is 0 Å². The first-order valence-electron chi connectivity index (χ1n) is 11.4. The molecule has 0 aliphatic rings. The van der Waals surface area contributed by atoms with E-state index in [0.717, 1.165) is 11.1 Å². The highest BCUT2D eigenvalue weighted by Crippen LogP contribution is 2.20. The summed E-state index contributed by atoms with van der Waals surface area (Å²) in [5.41, 5.74) is 2.69. The van der Waals surface area contributed by atoms with E-state index < -0.39 is 27.7 Å². The molecule has 38 heavy (non-hydrogen) atoms. The topological polar surface area (TPSA) is 140 Å². The molecule has 196 valence electrons. The lowest BCUT2D eigenvalue weighted by Gasteiger charge is -2.23. The summed E-state index contributed by atoms with van der Waals surface area (Å²) in [5.74, 6) is -1.72. The number of primary sulfonamides is 1. The lowest BCUT2D eigenvalue weighted by Crippen LogP contribution is -2.37. The third-order valence-corrected chi connectivity index (χ3v) is 6.79. The summed E-state index contributed by atoms with van der Waals surface area (Å²) in [6, 6.07) is 17.0. The van der Waals surface area contributed by atoms with Crippen LogP contribution >= 0.6 is 0 Å². The van der Waals surface area contributed by atoms with Crippen LogP contribution in [0.3, 0.4) is 0 Å². The first kappa shape index (κ1) is 26.6. The van der Waals surface area contributed by atoms with E-state index in [4.69, 9.17) is 5.14 Å². The van der Waals surface area contributed by atoms with Gasteiger partial charge in [0.2, 0.25) is 15.9 Å². The Kier molecular flexibility index (Phi) is 7.65. The zero-order chi connectivity index (χ0) is 27.4. The molecule has 0 saturated heterocycles. The van der Waals surface area contributed by atoms with E-state index in [2.05, 4.69) is 15.6 Å². The monoisotopic (exact) mass is 536 g/mol. The Morgan fingerprint density at radius 3 is 2.39 bits per heavy atom. The van der Waals surface area contributed by atoms with E-state index in [-0.39, 0.29) is 29.2 Å². The molecule has 0 atom stereocenters. The molecule has 0 unspecified atom stereocenters. The fourth-order valence-electron chi connectivity index (χ4n) is 3.89. The van der Waals surface area contributed by atoms with Gasteiger partial charge in [-0.05, 0) is 48.4 Å². The van der Waals surface area contributed by atoms with Gasteiger partial charge in [0.1, 0.15) is 18.1 Å². The van der Waals surface area contributed by atoms with Gasteiger partial charge in [-0.2, -0.15) is 0 Å². The number of sulfonamides is 1. The van der Waals surface area contributed by atoms with Crippen molar-refractivity contribution in [2.75, 3.05) is 11.9 Å². The zero-order valence-electron chi connectivity index (χ0n) is 20.6. The molecule has 0 spiro atoms. The maximum atomic E-state index is 14.0. The highest BCUT2D eigenvalue weighted by Gasteiger charge is 2.22. The predicted molar refractivity (Wildman–Crippen MR) is 139 cm³/mol. The molecule has 3 N–H and O–H groups in total. The molecule has 2 amide bonds. The predicted octanol–water partition coefficient (Wildman–Crippen LogP) is 2.86. The van der Waals surface area contributed by atoms with E-state index >= 15 is 0 Å². The third-order valence-electron chi connectivity index (χ3n) is 5.72. The minimum absolute atomic E-state index is 0.00780. The van der Waals surface area contributed by atoms with E-state index in [1.54, 1.807) is 36.1 Å². The van der Waals surface area contributed by atoms with Crippen molar-refractivity contribution in [1.82, 2.24) is 19.9 Å². The first-order valence-corrected chi connectivity index (χ1v) is 13.0. The molecule has 3 aromatic carbocycles. The number of halogens is 1. The Labute approximate surface area is 218 Å². The number of aryl methyl sites for hydroxylation is 2. The van der Waals surface area contributed by atoms with Gasteiger partial charge in [-0.1, -0.05) is 41.6 Å². The lowest BCUT2D eigenvalue weighted by molar-refractivity contribution is -0.117. The van der Waals surface area contributed by atoms with Gasteiger partial charge in [-0.3, -0.25) is 14.3 Å². The summed E-state index contributed by atoms with van der Waals surface area (Å²) in [5, 5.41) is 15.7. The Bertz CT molecular complexity index is 1600. The van der Waals surface area contributed by atoms with Gasteiger partial charge in [0.05, 0.1) is 16.8 Å². The normalized spacial score (nSPS) is 11.3. The van der Waals surface area contributed by atoms with Gasteiger partial charge in [0.25, 0.3) is 5.91 Å². The SMILES string of the molecule is Cc1cc(C(=O)N(CC(=O)Nc2ccccc2F)Cc2ccc(-c3cn(C)nn3)cc2)ccc1S(N)(=O)=O. The molecular formula is C26H25FN6O4S. The van der Waals surface area contributed by atoms with E-state index in [0.29, 0.717) is 11.3 Å².